The Morgan fingerprint density at radius 2 is 1.90 bits per heavy atom. The average molecular weight is 275 g/mol. The van der Waals surface area contributed by atoms with Gasteiger partial charge in [0.15, 0.2) is 0 Å². The van der Waals surface area contributed by atoms with Crippen molar-refractivity contribution in [2.45, 2.75) is 64.0 Å². The van der Waals surface area contributed by atoms with E-state index < -0.39 is 0 Å². The topological polar surface area (TPSA) is 21.3 Å². The molecule has 0 bridgehead atoms. The highest BCUT2D eigenvalue weighted by Gasteiger charge is 2.37. The van der Waals surface area contributed by atoms with Crippen LogP contribution >= 0.6 is 0 Å². The Morgan fingerprint density at radius 3 is 2.35 bits per heavy atom. The van der Waals surface area contributed by atoms with Crippen LogP contribution < -0.4 is 5.32 Å². The fourth-order valence-electron chi connectivity index (χ4n) is 3.08. The first kappa shape index (κ1) is 15.5. The molecule has 0 aromatic heterocycles. The number of hydrogen-bond acceptors (Lipinski definition) is 2. The summed E-state index contributed by atoms with van der Waals surface area (Å²) in [5, 5.41) is 3.45. The summed E-state index contributed by atoms with van der Waals surface area (Å²) < 4.78 is 5.98. The number of ether oxygens (including phenoxy) is 1. The van der Waals surface area contributed by atoms with Crippen LogP contribution in [0.15, 0.2) is 24.3 Å². The van der Waals surface area contributed by atoms with E-state index in [-0.39, 0.29) is 11.0 Å². The molecule has 0 amide bonds. The fourth-order valence-corrected chi connectivity index (χ4v) is 3.08. The summed E-state index contributed by atoms with van der Waals surface area (Å²) in [6.07, 6.45) is 3.35. The summed E-state index contributed by atoms with van der Waals surface area (Å²) in [6, 6.07) is 9.44. The van der Waals surface area contributed by atoms with Crippen molar-refractivity contribution in [3.05, 3.63) is 35.4 Å². The lowest BCUT2D eigenvalue weighted by Crippen LogP contribution is -2.48. The van der Waals surface area contributed by atoms with Crippen molar-refractivity contribution < 1.29 is 4.74 Å². The summed E-state index contributed by atoms with van der Waals surface area (Å²) in [4.78, 5) is 0. The van der Waals surface area contributed by atoms with Crippen LogP contribution in [0.3, 0.4) is 0 Å². The largest absolute Gasteiger partial charge is 0.374 e. The highest BCUT2D eigenvalue weighted by Crippen LogP contribution is 2.30. The summed E-state index contributed by atoms with van der Waals surface area (Å²) >= 11 is 0. The molecule has 1 saturated heterocycles. The van der Waals surface area contributed by atoms with Gasteiger partial charge in [-0.15, -0.1) is 0 Å². The summed E-state index contributed by atoms with van der Waals surface area (Å²) in [7, 11) is 2.04. The first-order valence-corrected chi connectivity index (χ1v) is 7.76. The molecule has 2 rings (SSSR count). The van der Waals surface area contributed by atoms with Gasteiger partial charge < -0.3 is 10.1 Å². The first-order chi connectivity index (χ1) is 9.35. The zero-order chi connectivity index (χ0) is 14.8. The van der Waals surface area contributed by atoms with E-state index in [1.165, 1.54) is 17.5 Å². The summed E-state index contributed by atoms with van der Waals surface area (Å²) in [6.45, 7) is 9.91. The maximum absolute atomic E-state index is 5.98. The van der Waals surface area contributed by atoms with Gasteiger partial charge in [-0.3, -0.25) is 0 Å². The van der Waals surface area contributed by atoms with Crippen molar-refractivity contribution >= 4 is 0 Å². The number of nitrogens with one attached hydrogen (secondary N) is 1. The van der Waals surface area contributed by atoms with E-state index in [0.717, 1.165) is 19.4 Å². The SMILES string of the molecule is CNC(Cc1ccc(C(C)(C)C)cc1)C1(C)CCCO1. The van der Waals surface area contributed by atoms with Gasteiger partial charge in [0.2, 0.25) is 0 Å². The molecule has 1 fully saturated rings. The van der Waals surface area contributed by atoms with Gasteiger partial charge in [-0.2, -0.15) is 0 Å². The predicted molar refractivity (Wildman–Crippen MR) is 85.3 cm³/mol. The van der Waals surface area contributed by atoms with E-state index in [0.29, 0.717) is 6.04 Å². The van der Waals surface area contributed by atoms with Crippen LogP contribution in [0.2, 0.25) is 0 Å². The molecule has 2 heteroatoms. The predicted octanol–water partition coefficient (Wildman–Crippen LogP) is 3.68. The molecule has 20 heavy (non-hydrogen) atoms. The van der Waals surface area contributed by atoms with Crippen molar-refractivity contribution in [3.63, 3.8) is 0 Å². The van der Waals surface area contributed by atoms with E-state index in [1.807, 2.05) is 7.05 Å². The monoisotopic (exact) mass is 275 g/mol. The highest BCUT2D eigenvalue weighted by molar-refractivity contribution is 5.28. The van der Waals surface area contributed by atoms with Gasteiger partial charge in [0.05, 0.1) is 5.60 Å². The van der Waals surface area contributed by atoms with E-state index >= 15 is 0 Å². The second kappa shape index (κ2) is 5.87. The minimum absolute atomic E-state index is 0.0164. The van der Waals surface area contributed by atoms with Crippen LogP contribution in [0.1, 0.15) is 51.7 Å². The minimum atomic E-state index is -0.0164. The van der Waals surface area contributed by atoms with Crippen LogP contribution in [-0.2, 0) is 16.6 Å². The molecule has 1 aromatic rings. The first-order valence-electron chi connectivity index (χ1n) is 7.76. The third-order valence-corrected chi connectivity index (χ3v) is 4.59. The Labute approximate surface area is 123 Å². The lowest BCUT2D eigenvalue weighted by molar-refractivity contribution is -0.00943. The van der Waals surface area contributed by atoms with Crippen molar-refractivity contribution in [2.24, 2.45) is 0 Å². The van der Waals surface area contributed by atoms with E-state index in [4.69, 9.17) is 4.74 Å². The van der Waals surface area contributed by atoms with Crippen molar-refractivity contribution in [1.29, 1.82) is 0 Å². The zero-order valence-electron chi connectivity index (χ0n) is 13.6. The number of benzene rings is 1. The fraction of sp³-hybridized carbons (Fsp3) is 0.667. The van der Waals surface area contributed by atoms with Crippen LogP contribution in [0.25, 0.3) is 0 Å². The van der Waals surface area contributed by atoms with Crippen molar-refractivity contribution in [2.75, 3.05) is 13.7 Å². The molecule has 1 aliphatic rings. The van der Waals surface area contributed by atoms with Gasteiger partial charge in [-0.25, -0.2) is 0 Å². The average Bonchev–Trinajstić information content (AvgIpc) is 2.83. The molecule has 2 unspecified atom stereocenters. The maximum atomic E-state index is 5.98. The molecule has 112 valence electrons. The smallest absolute Gasteiger partial charge is 0.0810 e. The quantitative estimate of drug-likeness (QED) is 0.905. The molecule has 0 spiro atoms. The van der Waals surface area contributed by atoms with Gasteiger partial charge in [0.1, 0.15) is 0 Å². The lowest BCUT2D eigenvalue weighted by atomic mass is 9.85. The molecular weight excluding hydrogens is 246 g/mol. The van der Waals surface area contributed by atoms with Crippen LogP contribution in [0, 0.1) is 0 Å². The zero-order valence-corrected chi connectivity index (χ0v) is 13.6. The van der Waals surface area contributed by atoms with Gasteiger partial charge in [-0.05, 0) is 49.8 Å². The minimum Gasteiger partial charge on any atom is -0.374 e. The third kappa shape index (κ3) is 3.42. The molecule has 0 radical (unpaired) electrons. The summed E-state index contributed by atoms with van der Waals surface area (Å²) in [5.41, 5.74) is 2.98. The Kier molecular flexibility index (Phi) is 4.55. The molecular formula is C18H29NO. The molecule has 0 saturated carbocycles. The van der Waals surface area contributed by atoms with Gasteiger partial charge in [-0.1, -0.05) is 45.0 Å². The van der Waals surface area contributed by atoms with E-state index in [2.05, 4.69) is 57.3 Å². The third-order valence-electron chi connectivity index (χ3n) is 4.59. The number of rotatable bonds is 4. The Balaban J connectivity index is 2.08. The highest BCUT2D eigenvalue weighted by atomic mass is 16.5. The second-order valence-corrected chi connectivity index (χ2v) is 7.26. The normalized spacial score (nSPS) is 24.9. The van der Waals surface area contributed by atoms with Gasteiger partial charge >= 0.3 is 0 Å². The molecule has 2 atom stereocenters. The van der Waals surface area contributed by atoms with E-state index in [1.54, 1.807) is 0 Å². The lowest BCUT2D eigenvalue weighted by Gasteiger charge is -2.33. The van der Waals surface area contributed by atoms with Crippen LogP contribution in [-0.4, -0.2) is 25.3 Å². The van der Waals surface area contributed by atoms with Gasteiger partial charge in [0.25, 0.3) is 0 Å². The molecule has 1 heterocycles. The van der Waals surface area contributed by atoms with Crippen LogP contribution in [0.4, 0.5) is 0 Å². The second-order valence-electron chi connectivity index (χ2n) is 7.26. The van der Waals surface area contributed by atoms with E-state index in [9.17, 15) is 0 Å². The Hall–Kier alpha value is -0.860. The Morgan fingerprint density at radius 1 is 1.25 bits per heavy atom. The number of likely N-dealkylation sites (N-methyl/N-ethyl adjacent to an activating group) is 1. The number of hydrogen-bond donors (Lipinski definition) is 1. The molecule has 1 N–H and O–H groups in total. The van der Waals surface area contributed by atoms with Gasteiger partial charge in [0, 0.05) is 12.6 Å². The van der Waals surface area contributed by atoms with Crippen LogP contribution in [0.5, 0.6) is 0 Å². The summed E-state index contributed by atoms with van der Waals surface area (Å²) in [5.74, 6) is 0. The molecule has 1 aliphatic heterocycles. The molecule has 0 aliphatic carbocycles. The standard InChI is InChI=1S/C18H29NO/c1-17(2,3)15-9-7-14(8-10-15)13-16(19-5)18(4)11-6-12-20-18/h7-10,16,19H,6,11-13H2,1-5H3. The molecule has 2 nitrogen and oxygen atoms in total. The molecule has 1 aromatic carbocycles. The maximum Gasteiger partial charge on any atom is 0.0810 e. The Bertz CT molecular complexity index is 424. The van der Waals surface area contributed by atoms with Crippen molar-refractivity contribution in [1.82, 2.24) is 5.32 Å². The van der Waals surface area contributed by atoms with Crippen molar-refractivity contribution in [3.8, 4) is 0 Å².